The lowest BCUT2D eigenvalue weighted by molar-refractivity contribution is -0.0846. The van der Waals surface area contributed by atoms with Gasteiger partial charge in [0.2, 0.25) is 0 Å². The van der Waals surface area contributed by atoms with Gasteiger partial charge < -0.3 is 15.6 Å². The van der Waals surface area contributed by atoms with Crippen LogP contribution in [-0.4, -0.2) is 18.7 Å². The summed E-state index contributed by atoms with van der Waals surface area (Å²) in [5.74, 6) is 1.46. The van der Waals surface area contributed by atoms with Crippen molar-refractivity contribution in [1.82, 2.24) is 0 Å². The van der Waals surface area contributed by atoms with Crippen LogP contribution in [-0.2, 0) is 0 Å². The van der Waals surface area contributed by atoms with Gasteiger partial charge in [0.05, 0.1) is 40.7 Å². The number of halogens is 4. The highest BCUT2D eigenvalue weighted by Gasteiger charge is 2.45. The third-order valence-corrected chi connectivity index (χ3v) is 7.22. The molecular weight excluding hydrogens is 634 g/mol. The first-order valence-corrected chi connectivity index (χ1v) is 16.0. The summed E-state index contributed by atoms with van der Waals surface area (Å²) in [6.07, 6.45) is 2.20. The fourth-order valence-corrected chi connectivity index (χ4v) is 5.20. The van der Waals surface area contributed by atoms with Crippen molar-refractivity contribution < 1.29 is 22.3 Å². The van der Waals surface area contributed by atoms with Crippen molar-refractivity contribution in [2.24, 2.45) is 31.8 Å². The molecule has 0 fully saturated rings. The van der Waals surface area contributed by atoms with Gasteiger partial charge >= 0.3 is 12.1 Å². The molecule has 0 aliphatic carbocycles. The topological polar surface area (TPSA) is 86.0 Å². The third-order valence-electron chi connectivity index (χ3n) is 7.22. The van der Waals surface area contributed by atoms with E-state index in [1.807, 2.05) is 48.5 Å². The normalized spacial score (nSPS) is 13.1. The summed E-state index contributed by atoms with van der Waals surface area (Å²) in [5.41, 5.74) is 10.2. The molecule has 0 spiro atoms. The summed E-state index contributed by atoms with van der Waals surface area (Å²) >= 11 is 0. The van der Waals surface area contributed by atoms with E-state index in [-0.39, 0.29) is 10.6 Å². The van der Waals surface area contributed by atoms with Gasteiger partial charge in [-0.1, -0.05) is 27.7 Å². The Labute approximate surface area is 285 Å². The van der Waals surface area contributed by atoms with Gasteiger partial charge in [-0.05, 0) is 121 Å². The van der Waals surface area contributed by atoms with Gasteiger partial charge in [-0.15, -0.1) is 0 Å². The number of alkyl halides is 4. The number of hydrogen-bond donors (Lipinski definition) is 2. The molecule has 260 valence electrons. The zero-order valence-electron chi connectivity index (χ0n) is 28.6. The summed E-state index contributed by atoms with van der Waals surface area (Å²) in [6, 6.07) is 19.5. The molecular formula is C37H43F4N7O. The van der Waals surface area contributed by atoms with Crippen LogP contribution in [0.1, 0.15) is 54.4 Å². The molecule has 0 bridgehead atoms. The lowest BCUT2D eigenvalue weighted by Gasteiger charge is -2.35. The molecule has 0 saturated heterocycles. The van der Waals surface area contributed by atoms with Crippen LogP contribution in [0.15, 0.2) is 118 Å². The Bertz CT molecular complexity index is 1650. The molecule has 49 heavy (non-hydrogen) atoms. The predicted molar refractivity (Wildman–Crippen MR) is 188 cm³/mol. The van der Waals surface area contributed by atoms with Gasteiger partial charge in [-0.3, -0.25) is 4.90 Å². The number of nitrogens with zero attached hydrogens (tertiary/aromatic N) is 5. The van der Waals surface area contributed by atoms with Crippen molar-refractivity contribution >= 4 is 39.8 Å². The van der Waals surface area contributed by atoms with Crippen molar-refractivity contribution in [2.45, 2.75) is 66.5 Å². The molecule has 4 aromatic rings. The molecule has 1 unspecified atom stereocenters. The van der Waals surface area contributed by atoms with E-state index in [1.54, 1.807) is 24.3 Å². The van der Waals surface area contributed by atoms with Crippen molar-refractivity contribution in [1.29, 1.82) is 0 Å². The quantitative estimate of drug-likeness (QED) is 0.0567. The molecule has 12 heteroatoms. The largest absolute Gasteiger partial charge is 0.494 e. The Hall–Kier alpha value is -5.00. The van der Waals surface area contributed by atoms with Crippen LogP contribution in [0.5, 0.6) is 5.75 Å². The predicted octanol–water partition coefficient (Wildman–Crippen LogP) is 12.8. The monoisotopic (exact) mass is 677 g/mol. The van der Waals surface area contributed by atoms with E-state index in [4.69, 9.17) is 4.74 Å². The van der Waals surface area contributed by atoms with Crippen LogP contribution in [0.25, 0.3) is 0 Å². The summed E-state index contributed by atoms with van der Waals surface area (Å²) < 4.78 is 61.0. The standard InChI is InChI=1S/C37H43F4N7O/c1-26(25-35(2,3)4)23-24-49-34-21-17-32(18-22-34)47-45-30-13-9-28(10-14-30)43-42-27-7-11-29(12-8-27)44-46-31-15-19-33(20-16-31)48(36(5,38)39)37(6,40)41/h7-22,26,45,47H,23-25H2,1-6H3. The lowest BCUT2D eigenvalue weighted by Crippen LogP contribution is -2.49. The van der Waals surface area contributed by atoms with Crippen molar-refractivity contribution in [3.8, 4) is 5.75 Å². The van der Waals surface area contributed by atoms with Crippen LogP contribution in [0.3, 0.4) is 0 Å². The maximum absolute atomic E-state index is 13.8. The minimum Gasteiger partial charge on any atom is -0.494 e. The van der Waals surface area contributed by atoms with E-state index in [1.165, 1.54) is 18.6 Å². The highest BCUT2D eigenvalue weighted by Crippen LogP contribution is 2.37. The van der Waals surface area contributed by atoms with E-state index < -0.39 is 12.1 Å². The van der Waals surface area contributed by atoms with Gasteiger partial charge in [-0.25, -0.2) is 0 Å². The molecule has 8 nitrogen and oxygen atoms in total. The van der Waals surface area contributed by atoms with Crippen LogP contribution in [0.4, 0.5) is 57.4 Å². The highest BCUT2D eigenvalue weighted by atomic mass is 19.3. The summed E-state index contributed by atoms with van der Waals surface area (Å²) in [4.78, 5) is -0.245. The smallest absolute Gasteiger partial charge is 0.327 e. The minimum absolute atomic E-state index is 0.245. The zero-order valence-corrected chi connectivity index (χ0v) is 28.6. The van der Waals surface area contributed by atoms with Gasteiger partial charge in [0.25, 0.3) is 0 Å². The fraction of sp³-hybridized carbons (Fsp3) is 0.351. The van der Waals surface area contributed by atoms with Crippen LogP contribution < -0.4 is 20.5 Å². The zero-order chi connectivity index (χ0) is 35.7. The van der Waals surface area contributed by atoms with E-state index in [9.17, 15) is 17.6 Å². The average molecular weight is 678 g/mol. The maximum Gasteiger partial charge on any atom is 0.327 e. The fourth-order valence-electron chi connectivity index (χ4n) is 5.20. The number of anilines is 3. The van der Waals surface area contributed by atoms with E-state index >= 15 is 0 Å². The van der Waals surface area contributed by atoms with Gasteiger partial charge in [0.15, 0.2) is 0 Å². The number of hydrogen-bond acceptors (Lipinski definition) is 8. The molecule has 0 aliphatic rings. The van der Waals surface area contributed by atoms with Gasteiger partial charge in [0.1, 0.15) is 5.75 Å². The first-order chi connectivity index (χ1) is 23.0. The molecule has 0 heterocycles. The number of benzene rings is 4. The Morgan fingerprint density at radius 3 is 1.35 bits per heavy atom. The van der Waals surface area contributed by atoms with Crippen LogP contribution in [0, 0.1) is 11.3 Å². The molecule has 4 aromatic carbocycles. The van der Waals surface area contributed by atoms with E-state index in [0.717, 1.165) is 35.7 Å². The number of ether oxygens (including phenoxy) is 1. The summed E-state index contributed by atoms with van der Waals surface area (Å²) in [7, 11) is 0. The van der Waals surface area contributed by atoms with Gasteiger partial charge in [-0.2, -0.15) is 38.0 Å². The minimum atomic E-state index is -3.76. The van der Waals surface area contributed by atoms with E-state index in [2.05, 4.69) is 59.0 Å². The third kappa shape index (κ3) is 12.2. The van der Waals surface area contributed by atoms with Crippen molar-refractivity contribution in [2.75, 3.05) is 22.4 Å². The second-order valence-corrected chi connectivity index (χ2v) is 13.3. The van der Waals surface area contributed by atoms with Crippen LogP contribution in [0.2, 0.25) is 0 Å². The van der Waals surface area contributed by atoms with Crippen molar-refractivity contribution in [3.05, 3.63) is 97.1 Å². The SMILES string of the molecule is CC(CCOc1ccc(NNc2ccc(N=Nc3ccc(N=Nc4ccc(N(C(C)(F)F)C(C)(F)F)cc4)cc3)cc2)cc1)CC(C)(C)C. The second kappa shape index (κ2) is 15.9. The number of rotatable bonds is 15. The molecule has 2 N–H and O–H groups in total. The average Bonchev–Trinajstić information content (AvgIpc) is 3.02. The molecule has 4 rings (SSSR count). The van der Waals surface area contributed by atoms with E-state index in [0.29, 0.717) is 54.5 Å². The Balaban J connectivity index is 1.23. The highest BCUT2D eigenvalue weighted by molar-refractivity contribution is 5.57. The Kier molecular flexibility index (Phi) is 12.0. The molecule has 1 atom stereocenters. The van der Waals surface area contributed by atoms with Gasteiger partial charge in [0, 0.05) is 19.5 Å². The van der Waals surface area contributed by atoms with Crippen LogP contribution >= 0.6 is 0 Å². The second-order valence-electron chi connectivity index (χ2n) is 13.3. The number of hydrazine groups is 1. The molecule has 0 radical (unpaired) electrons. The first kappa shape index (κ1) is 36.8. The molecule has 0 aliphatic heterocycles. The molecule has 0 saturated carbocycles. The lowest BCUT2D eigenvalue weighted by atomic mass is 9.84. The molecule has 0 amide bonds. The maximum atomic E-state index is 13.8. The molecule has 0 aromatic heterocycles. The van der Waals surface area contributed by atoms with Crippen molar-refractivity contribution in [3.63, 3.8) is 0 Å². The number of nitrogens with one attached hydrogen (secondary N) is 2. The Morgan fingerprint density at radius 1 is 0.592 bits per heavy atom. The number of azo groups is 2. The first-order valence-electron chi connectivity index (χ1n) is 16.0. The summed E-state index contributed by atoms with van der Waals surface area (Å²) in [5, 5.41) is 16.7. The Morgan fingerprint density at radius 2 is 0.959 bits per heavy atom. The summed E-state index contributed by atoms with van der Waals surface area (Å²) in [6.45, 7) is 10.6.